The summed E-state index contributed by atoms with van der Waals surface area (Å²) in [5, 5.41) is 3.49. The number of carbonyl (C=O) groups excluding carboxylic acids is 1. The molecule has 0 aliphatic heterocycles. The van der Waals surface area contributed by atoms with E-state index in [4.69, 9.17) is 20.8 Å². The summed E-state index contributed by atoms with van der Waals surface area (Å²) in [4.78, 5) is 16.9. The Kier molecular flexibility index (Phi) is 6.47. The zero-order valence-corrected chi connectivity index (χ0v) is 19.1. The zero-order chi connectivity index (χ0) is 22.7. The summed E-state index contributed by atoms with van der Waals surface area (Å²) in [6, 6.07) is 18.8. The minimum absolute atomic E-state index is 0.0908. The van der Waals surface area contributed by atoms with E-state index in [9.17, 15) is 4.79 Å². The van der Waals surface area contributed by atoms with Gasteiger partial charge in [-0.1, -0.05) is 31.5 Å². The van der Waals surface area contributed by atoms with Crippen LogP contribution in [0.1, 0.15) is 37.3 Å². The van der Waals surface area contributed by atoms with Crippen molar-refractivity contribution in [2.45, 2.75) is 33.1 Å². The second-order valence-electron chi connectivity index (χ2n) is 7.88. The molecule has 4 rings (SSSR count). The van der Waals surface area contributed by atoms with Crippen molar-refractivity contribution in [3.05, 3.63) is 76.8 Å². The lowest BCUT2D eigenvalue weighted by atomic mass is 9.98. The summed E-state index contributed by atoms with van der Waals surface area (Å²) in [6.07, 6.45) is 1.08. The Balaban J connectivity index is 1.40. The van der Waals surface area contributed by atoms with Gasteiger partial charge in [-0.25, -0.2) is 4.98 Å². The Morgan fingerprint density at radius 3 is 2.62 bits per heavy atom. The van der Waals surface area contributed by atoms with Gasteiger partial charge in [0.2, 0.25) is 5.89 Å². The largest absolute Gasteiger partial charge is 0.484 e. The van der Waals surface area contributed by atoms with Gasteiger partial charge in [-0.2, -0.15) is 0 Å². The van der Waals surface area contributed by atoms with E-state index < -0.39 is 0 Å². The average Bonchev–Trinajstić information content (AvgIpc) is 3.23. The highest BCUT2D eigenvalue weighted by Crippen LogP contribution is 2.28. The van der Waals surface area contributed by atoms with Crippen molar-refractivity contribution >= 4 is 34.3 Å². The molecule has 0 bridgehead atoms. The van der Waals surface area contributed by atoms with E-state index in [0.29, 0.717) is 28.3 Å². The van der Waals surface area contributed by atoms with Gasteiger partial charge < -0.3 is 14.5 Å². The summed E-state index contributed by atoms with van der Waals surface area (Å²) in [7, 11) is 0. The molecule has 0 radical (unpaired) electrons. The number of anilines is 1. The molecule has 1 heterocycles. The molecule has 164 valence electrons. The number of aromatic nitrogens is 1. The third-order valence-corrected chi connectivity index (χ3v) is 5.93. The number of halogens is 1. The van der Waals surface area contributed by atoms with Crippen LogP contribution in [-0.4, -0.2) is 17.5 Å². The van der Waals surface area contributed by atoms with Gasteiger partial charge in [0.25, 0.3) is 5.91 Å². The Morgan fingerprint density at radius 2 is 1.91 bits per heavy atom. The van der Waals surface area contributed by atoms with Crippen molar-refractivity contribution in [1.82, 2.24) is 4.98 Å². The van der Waals surface area contributed by atoms with Crippen LogP contribution in [0.15, 0.2) is 65.1 Å². The van der Waals surface area contributed by atoms with Crippen molar-refractivity contribution in [3.63, 3.8) is 0 Å². The van der Waals surface area contributed by atoms with Crippen LogP contribution in [0.2, 0.25) is 5.02 Å². The van der Waals surface area contributed by atoms with E-state index in [2.05, 4.69) is 36.3 Å². The van der Waals surface area contributed by atoms with Crippen LogP contribution in [0.5, 0.6) is 5.75 Å². The minimum atomic E-state index is -0.246. The van der Waals surface area contributed by atoms with Crippen molar-refractivity contribution in [2.75, 3.05) is 11.9 Å². The van der Waals surface area contributed by atoms with E-state index in [0.717, 1.165) is 28.6 Å². The van der Waals surface area contributed by atoms with E-state index in [1.54, 1.807) is 18.2 Å². The zero-order valence-electron chi connectivity index (χ0n) is 18.3. The quantitative estimate of drug-likeness (QED) is 0.331. The predicted octanol–water partition coefficient (Wildman–Crippen LogP) is 6.99. The maximum absolute atomic E-state index is 12.2. The molecule has 0 aliphatic rings. The Morgan fingerprint density at radius 1 is 1.12 bits per heavy atom. The number of ether oxygens (including phenoxy) is 1. The molecule has 4 aromatic rings. The van der Waals surface area contributed by atoms with Gasteiger partial charge in [0.05, 0.1) is 0 Å². The first-order chi connectivity index (χ1) is 15.4. The van der Waals surface area contributed by atoms with Gasteiger partial charge in [-0.15, -0.1) is 0 Å². The molecule has 0 aliphatic carbocycles. The van der Waals surface area contributed by atoms with Crippen LogP contribution in [0, 0.1) is 6.92 Å². The molecule has 0 spiro atoms. The maximum Gasteiger partial charge on any atom is 0.262 e. The van der Waals surface area contributed by atoms with E-state index in [-0.39, 0.29) is 12.5 Å². The molecule has 1 N–H and O–H groups in total. The van der Waals surface area contributed by atoms with Gasteiger partial charge in [-0.3, -0.25) is 4.79 Å². The lowest BCUT2D eigenvalue weighted by Crippen LogP contribution is -2.20. The molecule has 1 amide bonds. The van der Waals surface area contributed by atoms with Gasteiger partial charge in [-0.05, 0) is 85.0 Å². The number of rotatable bonds is 7. The molecule has 32 heavy (non-hydrogen) atoms. The van der Waals surface area contributed by atoms with Gasteiger partial charge in [0.1, 0.15) is 11.3 Å². The molecule has 0 fully saturated rings. The number of aryl methyl sites for hydroxylation is 1. The number of benzene rings is 3. The molecular weight excluding hydrogens is 424 g/mol. The lowest BCUT2D eigenvalue weighted by Gasteiger charge is -2.09. The molecule has 3 aromatic carbocycles. The lowest BCUT2D eigenvalue weighted by molar-refractivity contribution is -0.118. The Labute approximate surface area is 192 Å². The highest BCUT2D eigenvalue weighted by molar-refractivity contribution is 6.31. The molecule has 0 saturated carbocycles. The number of nitrogens with one attached hydrogen (secondary N) is 1. The third-order valence-electron chi connectivity index (χ3n) is 5.51. The van der Waals surface area contributed by atoms with Crippen LogP contribution in [-0.2, 0) is 4.79 Å². The first kappa shape index (κ1) is 21.9. The fraction of sp³-hybridized carbons (Fsp3) is 0.231. The SMILES string of the molecule is CC[C@@H](C)c1ccc2oc(-c3ccc(NC(=O)COc4ccc(Cl)c(C)c4)cc3)nc2c1. The fourth-order valence-electron chi connectivity index (χ4n) is 3.36. The predicted molar refractivity (Wildman–Crippen MR) is 128 cm³/mol. The molecule has 6 heteroatoms. The van der Waals surface area contributed by atoms with Crippen molar-refractivity contribution in [3.8, 4) is 17.2 Å². The van der Waals surface area contributed by atoms with Crippen molar-refractivity contribution < 1.29 is 13.9 Å². The second kappa shape index (κ2) is 9.45. The minimum Gasteiger partial charge on any atom is -0.484 e. The molecule has 0 unspecified atom stereocenters. The average molecular weight is 449 g/mol. The number of carbonyl (C=O) groups is 1. The summed E-state index contributed by atoms with van der Waals surface area (Å²) >= 11 is 6.01. The van der Waals surface area contributed by atoms with Crippen LogP contribution in [0.25, 0.3) is 22.6 Å². The monoisotopic (exact) mass is 448 g/mol. The van der Waals surface area contributed by atoms with Gasteiger partial charge in [0, 0.05) is 16.3 Å². The summed E-state index contributed by atoms with van der Waals surface area (Å²) in [5.41, 5.74) is 5.29. The van der Waals surface area contributed by atoms with Gasteiger partial charge >= 0.3 is 0 Å². The number of hydrogen-bond acceptors (Lipinski definition) is 4. The normalized spacial score (nSPS) is 12.0. The number of oxazole rings is 1. The summed E-state index contributed by atoms with van der Waals surface area (Å²) < 4.78 is 11.5. The van der Waals surface area contributed by atoms with Crippen molar-refractivity contribution in [1.29, 1.82) is 0 Å². The molecule has 5 nitrogen and oxygen atoms in total. The smallest absolute Gasteiger partial charge is 0.262 e. The van der Waals surface area contributed by atoms with E-state index >= 15 is 0 Å². The fourth-order valence-corrected chi connectivity index (χ4v) is 3.48. The highest BCUT2D eigenvalue weighted by Gasteiger charge is 2.12. The van der Waals surface area contributed by atoms with Crippen LogP contribution < -0.4 is 10.1 Å². The van der Waals surface area contributed by atoms with Crippen molar-refractivity contribution in [2.24, 2.45) is 0 Å². The second-order valence-corrected chi connectivity index (χ2v) is 8.29. The first-order valence-electron chi connectivity index (χ1n) is 10.6. The third kappa shape index (κ3) is 4.94. The number of fused-ring (bicyclic) bond motifs is 1. The molecule has 1 aromatic heterocycles. The molecule has 1 atom stereocenters. The van der Waals surface area contributed by atoms with Crippen LogP contribution in [0.3, 0.4) is 0 Å². The first-order valence-corrected chi connectivity index (χ1v) is 11.0. The molecular formula is C26H25ClN2O3. The van der Waals surface area contributed by atoms with Crippen LogP contribution in [0.4, 0.5) is 5.69 Å². The summed E-state index contributed by atoms with van der Waals surface area (Å²) in [5.74, 6) is 1.39. The standard InChI is InChI=1S/C26H25ClN2O3/c1-4-16(2)19-7-12-24-23(14-19)29-26(32-24)18-5-8-20(9-6-18)28-25(30)15-31-21-10-11-22(27)17(3)13-21/h5-14,16H,4,15H2,1-3H3,(H,28,30)/t16-/m1/s1. The summed E-state index contributed by atoms with van der Waals surface area (Å²) in [6.45, 7) is 6.18. The van der Waals surface area contributed by atoms with E-state index in [1.807, 2.05) is 37.3 Å². The van der Waals surface area contributed by atoms with E-state index in [1.165, 1.54) is 5.56 Å². The number of amides is 1. The topological polar surface area (TPSA) is 64.4 Å². The maximum atomic E-state index is 12.2. The highest BCUT2D eigenvalue weighted by atomic mass is 35.5. The Hall–Kier alpha value is -3.31. The van der Waals surface area contributed by atoms with Gasteiger partial charge in [0.15, 0.2) is 12.2 Å². The number of hydrogen-bond donors (Lipinski definition) is 1. The molecule has 0 saturated heterocycles. The Bertz CT molecular complexity index is 1250. The number of nitrogens with zero attached hydrogens (tertiary/aromatic N) is 1. The van der Waals surface area contributed by atoms with Crippen LogP contribution >= 0.6 is 11.6 Å².